The van der Waals surface area contributed by atoms with E-state index in [4.69, 9.17) is 28.9 Å². The largest absolute Gasteiger partial charge is 0.369 e. The Bertz CT molecular complexity index is 1190. The average Bonchev–Trinajstić information content (AvgIpc) is 3.31. The molecule has 2 heterocycles. The third-order valence-electron chi connectivity index (χ3n) is 4.54. The van der Waals surface area contributed by atoms with Gasteiger partial charge in [0.15, 0.2) is 0 Å². The number of alkyl halides is 2. The summed E-state index contributed by atoms with van der Waals surface area (Å²) in [5.41, 5.74) is 7.69. The highest BCUT2D eigenvalue weighted by Crippen LogP contribution is 2.25. The van der Waals surface area contributed by atoms with E-state index < -0.39 is 15.9 Å². The van der Waals surface area contributed by atoms with Crippen LogP contribution in [0.25, 0.3) is 17.1 Å². The second-order valence-corrected chi connectivity index (χ2v) is 9.00. The van der Waals surface area contributed by atoms with E-state index in [-0.39, 0.29) is 5.16 Å². The molecular formula is C19H21Cl2N5O3S. The Balaban J connectivity index is 2.01. The minimum Gasteiger partial charge on any atom is -0.369 e. The summed E-state index contributed by atoms with van der Waals surface area (Å²) < 4.78 is 28.8. The van der Waals surface area contributed by atoms with Crippen LogP contribution in [0.3, 0.4) is 0 Å². The van der Waals surface area contributed by atoms with Gasteiger partial charge in [0.1, 0.15) is 0 Å². The van der Waals surface area contributed by atoms with Crippen molar-refractivity contribution in [2.45, 2.75) is 5.16 Å². The van der Waals surface area contributed by atoms with Gasteiger partial charge in [-0.1, -0.05) is 0 Å². The Morgan fingerprint density at radius 1 is 1.23 bits per heavy atom. The molecule has 0 aliphatic carbocycles. The molecule has 0 fully saturated rings. The molecule has 0 aliphatic rings. The molecule has 0 aliphatic heterocycles. The molecule has 0 radical (unpaired) electrons. The van der Waals surface area contributed by atoms with E-state index in [2.05, 4.69) is 4.98 Å². The average molecular weight is 470 g/mol. The molecule has 0 atom stereocenters. The maximum Gasteiger partial charge on any atom is 0.301 e. The summed E-state index contributed by atoms with van der Waals surface area (Å²) in [6.07, 6.45) is 5.39. The number of aryl methyl sites for hydroxylation is 1. The summed E-state index contributed by atoms with van der Waals surface area (Å²) in [6, 6.07) is 7.10. The van der Waals surface area contributed by atoms with Crippen molar-refractivity contribution in [1.82, 2.24) is 13.5 Å². The lowest BCUT2D eigenvalue weighted by atomic mass is 10.2. The summed E-state index contributed by atoms with van der Waals surface area (Å²) in [5, 5.41) is -0.100. The molecule has 2 aromatic heterocycles. The number of nitrogens with zero attached hydrogens (tertiary/aromatic N) is 4. The maximum atomic E-state index is 13.1. The molecule has 30 heavy (non-hydrogen) atoms. The predicted octanol–water partition coefficient (Wildman–Crippen LogP) is 2.39. The van der Waals surface area contributed by atoms with Gasteiger partial charge in [0, 0.05) is 56.1 Å². The van der Waals surface area contributed by atoms with Gasteiger partial charge in [-0.2, -0.15) is 8.42 Å². The summed E-state index contributed by atoms with van der Waals surface area (Å²) in [5.74, 6) is 0.266. The molecule has 0 unspecified atom stereocenters. The van der Waals surface area contributed by atoms with Crippen molar-refractivity contribution in [3.63, 3.8) is 0 Å². The molecule has 11 heteroatoms. The van der Waals surface area contributed by atoms with E-state index in [0.29, 0.717) is 41.4 Å². The third-order valence-corrected chi connectivity index (χ3v) is 6.48. The number of carbonyl (C=O) groups is 1. The van der Waals surface area contributed by atoms with Crippen molar-refractivity contribution in [2.75, 3.05) is 29.7 Å². The molecule has 1 aromatic carbocycles. The number of nitrogens with two attached hydrogens (primary N) is 1. The molecule has 0 spiro atoms. The minimum atomic E-state index is -3.94. The van der Waals surface area contributed by atoms with Crippen LogP contribution in [-0.2, 0) is 21.9 Å². The van der Waals surface area contributed by atoms with Crippen molar-refractivity contribution in [3.8, 4) is 0 Å². The minimum absolute atomic E-state index is 0.100. The Labute approximate surface area is 184 Å². The zero-order valence-electron chi connectivity index (χ0n) is 16.2. The van der Waals surface area contributed by atoms with Crippen LogP contribution < -0.4 is 10.6 Å². The van der Waals surface area contributed by atoms with Crippen LogP contribution in [0.4, 0.5) is 5.69 Å². The zero-order valence-corrected chi connectivity index (χ0v) is 18.5. The van der Waals surface area contributed by atoms with Crippen LogP contribution in [-0.4, -0.2) is 52.7 Å². The van der Waals surface area contributed by atoms with Gasteiger partial charge in [0.05, 0.1) is 11.0 Å². The number of amides is 1. The van der Waals surface area contributed by atoms with Crippen molar-refractivity contribution >= 4 is 61.9 Å². The van der Waals surface area contributed by atoms with Gasteiger partial charge in [0.2, 0.25) is 11.1 Å². The fraction of sp³-hybridized carbons (Fsp3) is 0.263. The van der Waals surface area contributed by atoms with E-state index in [1.165, 1.54) is 23.0 Å². The first-order chi connectivity index (χ1) is 14.3. The molecule has 8 nitrogen and oxygen atoms in total. The molecule has 1 amide bonds. The Kier molecular flexibility index (Phi) is 6.74. The zero-order chi connectivity index (χ0) is 21.9. The van der Waals surface area contributed by atoms with Gasteiger partial charge in [-0.25, -0.2) is 8.96 Å². The number of carbonyl (C=O) groups excluding carboxylic acids is 1. The molecule has 160 valence electrons. The molecule has 0 bridgehead atoms. The summed E-state index contributed by atoms with van der Waals surface area (Å²) in [4.78, 5) is 17.3. The van der Waals surface area contributed by atoms with Crippen molar-refractivity contribution in [2.24, 2.45) is 12.8 Å². The van der Waals surface area contributed by atoms with Gasteiger partial charge >= 0.3 is 10.0 Å². The lowest BCUT2D eigenvalue weighted by Gasteiger charge is -2.22. The second kappa shape index (κ2) is 9.11. The smallest absolute Gasteiger partial charge is 0.301 e. The van der Waals surface area contributed by atoms with Gasteiger partial charge in [-0.15, -0.1) is 23.2 Å². The van der Waals surface area contributed by atoms with Crippen LogP contribution >= 0.6 is 23.2 Å². The normalized spacial score (nSPS) is 12.1. The number of halogens is 2. The van der Waals surface area contributed by atoms with Gasteiger partial charge < -0.3 is 15.2 Å². The second-order valence-electron chi connectivity index (χ2n) is 6.51. The Morgan fingerprint density at radius 2 is 1.93 bits per heavy atom. The van der Waals surface area contributed by atoms with E-state index in [1.54, 1.807) is 13.1 Å². The first kappa shape index (κ1) is 22.2. The molecule has 3 rings (SSSR count). The van der Waals surface area contributed by atoms with E-state index >= 15 is 0 Å². The molecule has 3 aromatic rings. The van der Waals surface area contributed by atoms with Crippen LogP contribution in [0.1, 0.15) is 5.56 Å². The van der Waals surface area contributed by atoms with Crippen LogP contribution in [0, 0.1) is 0 Å². The van der Waals surface area contributed by atoms with Gasteiger partial charge in [-0.3, -0.25) is 4.79 Å². The van der Waals surface area contributed by atoms with Crippen molar-refractivity contribution in [1.29, 1.82) is 0 Å². The van der Waals surface area contributed by atoms with E-state index in [1.807, 2.05) is 23.1 Å². The highest BCUT2D eigenvalue weighted by Gasteiger charge is 2.24. The lowest BCUT2D eigenvalue weighted by molar-refractivity contribution is -0.113. The highest BCUT2D eigenvalue weighted by molar-refractivity contribution is 7.89. The van der Waals surface area contributed by atoms with Gasteiger partial charge in [-0.05, 0) is 35.9 Å². The standard InChI is InChI=1S/C19H21Cl2N5O3S/c1-24-17-4-3-15(25(10-7-20)11-8-21)12-16(17)23-19(24)30(28,29)26-9-6-14(13-26)2-5-18(22)27/h2-6,9,12-13H,7-8,10-11H2,1H3,(H2,22,27)/b5-2+. The predicted molar refractivity (Wildman–Crippen MR) is 120 cm³/mol. The highest BCUT2D eigenvalue weighted by atomic mass is 35.5. The first-order valence-corrected chi connectivity index (χ1v) is 11.5. The summed E-state index contributed by atoms with van der Waals surface area (Å²) in [7, 11) is -2.29. The molecular weight excluding hydrogens is 449 g/mol. The van der Waals surface area contributed by atoms with Crippen molar-refractivity contribution in [3.05, 3.63) is 48.3 Å². The number of imidazole rings is 1. The topological polar surface area (TPSA) is 103 Å². The van der Waals surface area contributed by atoms with Crippen molar-refractivity contribution < 1.29 is 13.2 Å². The Hall–Kier alpha value is -2.49. The van der Waals surface area contributed by atoms with Crippen LogP contribution in [0.5, 0.6) is 0 Å². The monoisotopic (exact) mass is 469 g/mol. The fourth-order valence-corrected chi connectivity index (χ4v) is 4.82. The number of hydrogen-bond donors (Lipinski definition) is 1. The van der Waals surface area contributed by atoms with Crippen LogP contribution in [0.15, 0.2) is 47.9 Å². The summed E-state index contributed by atoms with van der Waals surface area (Å²) >= 11 is 11.8. The number of rotatable bonds is 9. The molecule has 0 saturated carbocycles. The summed E-state index contributed by atoms with van der Waals surface area (Å²) in [6.45, 7) is 1.23. The number of benzene rings is 1. The van der Waals surface area contributed by atoms with E-state index in [9.17, 15) is 13.2 Å². The first-order valence-electron chi connectivity index (χ1n) is 9.02. The molecule has 2 N–H and O–H groups in total. The number of aromatic nitrogens is 3. The third kappa shape index (κ3) is 4.48. The number of primary amides is 1. The Morgan fingerprint density at radius 3 is 2.57 bits per heavy atom. The van der Waals surface area contributed by atoms with E-state index in [0.717, 1.165) is 15.7 Å². The maximum absolute atomic E-state index is 13.1. The number of fused-ring (bicyclic) bond motifs is 1. The molecule has 0 saturated heterocycles. The SMILES string of the molecule is Cn1c(S(=O)(=O)n2ccc(/C=C/C(N)=O)c2)nc2cc(N(CCCl)CCCl)ccc21. The van der Waals surface area contributed by atoms with Gasteiger partial charge in [0.25, 0.3) is 0 Å². The van der Waals surface area contributed by atoms with Crippen LogP contribution in [0.2, 0.25) is 0 Å². The number of hydrogen-bond acceptors (Lipinski definition) is 5. The number of anilines is 1. The quantitative estimate of drug-likeness (QED) is 0.382. The fourth-order valence-electron chi connectivity index (χ4n) is 3.08. The lowest BCUT2D eigenvalue weighted by Crippen LogP contribution is -2.27.